The first-order valence-corrected chi connectivity index (χ1v) is 11.9. The first-order chi connectivity index (χ1) is 15.6. The van der Waals surface area contributed by atoms with Crippen LogP contribution in [0.4, 0.5) is 0 Å². The van der Waals surface area contributed by atoms with Crippen molar-refractivity contribution in [3.8, 4) is 11.5 Å². The number of carbonyl (C=O) groups is 2. The van der Waals surface area contributed by atoms with Crippen LogP contribution >= 0.6 is 0 Å². The average Bonchev–Trinajstić information content (AvgIpc) is 2.75. The lowest BCUT2D eigenvalue weighted by molar-refractivity contribution is -0.158. The number of carbonyl (C=O) groups excluding carboxylic acids is 1. The third-order valence-corrected chi connectivity index (χ3v) is 7.17. The van der Waals surface area contributed by atoms with E-state index in [2.05, 4.69) is 30.9 Å². The molecule has 2 heterocycles. The Morgan fingerprint density at radius 1 is 1.15 bits per heavy atom. The van der Waals surface area contributed by atoms with Gasteiger partial charge in [-0.1, -0.05) is 13.8 Å². The molecule has 7 nitrogen and oxygen atoms in total. The molecule has 0 radical (unpaired) electrons. The zero-order valence-electron chi connectivity index (χ0n) is 20.8. The van der Waals surface area contributed by atoms with Crippen LogP contribution in [0, 0.1) is 23.2 Å². The number of piperidine rings is 1. The van der Waals surface area contributed by atoms with Crippen LogP contribution in [0.15, 0.2) is 12.1 Å². The van der Waals surface area contributed by atoms with Gasteiger partial charge in [-0.15, -0.1) is 0 Å². The summed E-state index contributed by atoms with van der Waals surface area (Å²) in [6.07, 6.45) is 2.82. The molecular formula is C26H39NO6. The van der Waals surface area contributed by atoms with Crippen LogP contribution in [0.3, 0.4) is 0 Å². The molecule has 0 bridgehead atoms. The van der Waals surface area contributed by atoms with E-state index in [1.807, 2.05) is 0 Å². The maximum absolute atomic E-state index is 12.4. The van der Waals surface area contributed by atoms with Crippen molar-refractivity contribution in [3.05, 3.63) is 23.3 Å². The lowest BCUT2D eigenvalue weighted by Crippen LogP contribution is -2.47. The lowest BCUT2D eigenvalue weighted by atomic mass is 9.74. The molecule has 1 fully saturated rings. The number of rotatable bonds is 9. The number of ether oxygens (including phenoxy) is 3. The Labute approximate surface area is 197 Å². The molecule has 0 aromatic heterocycles. The number of hydrogen-bond donors (Lipinski definition) is 1. The van der Waals surface area contributed by atoms with Crippen molar-refractivity contribution in [2.24, 2.45) is 23.2 Å². The Bertz CT molecular complexity index is 865. The molecule has 3 unspecified atom stereocenters. The molecule has 0 aliphatic carbocycles. The fraction of sp³-hybridized carbons (Fsp3) is 0.692. The monoisotopic (exact) mass is 461 g/mol. The normalized spacial score (nSPS) is 22.9. The summed E-state index contributed by atoms with van der Waals surface area (Å²) in [6, 6.07) is 4.44. The number of carboxylic acids is 1. The quantitative estimate of drug-likeness (QED) is 0.548. The minimum absolute atomic E-state index is 0.126. The number of esters is 1. The van der Waals surface area contributed by atoms with Gasteiger partial charge in [0.2, 0.25) is 0 Å². The number of aliphatic carboxylic acids is 1. The number of hydrogen-bond acceptors (Lipinski definition) is 6. The highest BCUT2D eigenvalue weighted by Crippen LogP contribution is 2.45. The van der Waals surface area contributed by atoms with E-state index >= 15 is 0 Å². The van der Waals surface area contributed by atoms with Crippen LogP contribution in [0.1, 0.15) is 64.1 Å². The number of fused-ring (bicyclic) bond motifs is 3. The Morgan fingerprint density at radius 3 is 2.42 bits per heavy atom. The molecule has 0 spiro atoms. The predicted octanol–water partition coefficient (Wildman–Crippen LogP) is 4.33. The van der Waals surface area contributed by atoms with Gasteiger partial charge in [0.15, 0.2) is 11.5 Å². The van der Waals surface area contributed by atoms with Crippen molar-refractivity contribution in [3.63, 3.8) is 0 Å². The summed E-state index contributed by atoms with van der Waals surface area (Å²) in [5.41, 5.74) is 1.43. The van der Waals surface area contributed by atoms with Gasteiger partial charge < -0.3 is 19.3 Å². The van der Waals surface area contributed by atoms with E-state index in [0.29, 0.717) is 18.4 Å². The van der Waals surface area contributed by atoms with Crippen molar-refractivity contribution in [1.82, 2.24) is 4.90 Å². The molecule has 1 aromatic rings. The largest absolute Gasteiger partial charge is 0.493 e. The molecule has 3 atom stereocenters. The van der Waals surface area contributed by atoms with E-state index < -0.39 is 17.4 Å². The molecule has 2 aliphatic rings. The summed E-state index contributed by atoms with van der Waals surface area (Å²) in [6.45, 7) is 9.87. The topological polar surface area (TPSA) is 85.3 Å². The Kier molecular flexibility index (Phi) is 7.93. The number of carboxylic acid groups (broad SMARTS) is 1. The first kappa shape index (κ1) is 25.3. The van der Waals surface area contributed by atoms with E-state index in [4.69, 9.17) is 14.2 Å². The molecule has 184 valence electrons. The number of benzene rings is 1. The first-order valence-electron chi connectivity index (χ1n) is 11.9. The van der Waals surface area contributed by atoms with Gasteiger partial charge in [-0.25, -0.2) is 0 Å². The minimum atomic E-state index is -1.13. The van der Waals surface area contributed by atoms with Crippen molar-refractivity contribution in [2.45, 2.75) is 59.4 Å². The SMILES string of the molecule is COc1cc2c(cc1OC)C1CC(COC(=O)CC(C)(C)C(=O)O)C(CC(C)C)CN1CC2. The van der Waals surface area contributed by atoms with E-state index in [1.165, 1.54) is 11.1 Å². The molecule has 1 saturated heterocycles. The molecule has 0 amide bonds. The highest BCUT2D eigenvalue weighted by atomic mass is 16.5. The number of methoxy groups -OCH3 is 2. The van der Waals surface area contributed by atoms with Crippen molar-refractivity contribution >= 4 is 11.9 Å². The molecule has 3 rings (SSSR count). The summed E-state index contributed by atoms with van der Waals surface area (Å²) in [5, 5.41) is 9.32. The number of nitrogens with zero attached hydrogens (tertiary/aromatic N) is 1. The van der Waals surface area contributed by atoms with Gasteiger partial charge >= 0.3 is 11.9 Å². The van der Waals surface area contributed by atoms with Crippen LogP contribution in [-0.2, 0) is 20.7 Å². The second kappa shape index (κ2) is 10.3. The Morgan fingerprint density at radius 2 is 1.82 bits per heavy atom. The van der Waals surface area contributed by atoms with Gasteiger partial charge in [-0.05, 0) is 74.1 Å². The van der Waals surface area contributed by atoms with Gasteiger partial charge in [0.1, 0.15) is 0 Å². The molecule has 7 heteroatoms. The maximum Gasteiger partial charge on any atom is 0.309 e. The van der Waals surface area contributed by atoms with Gasteiger partial charge in [0.25, 0.3) is 0 Å². The molecule has 0 saturated carbocycles. The van der Waals surface area contributed by atoms with Crippen molar-refractivity contribution in [2.75, 3.05) is 33.9 Å². The van der Waals surface area contributed by atoms with Gasteiger partial charge in [-0.3, -0.25) is 14.5 Å². The molecule has 2 aliphatic heterocycles. The second-order valence-corrected chi connectivity index (χ2v) is 10.6. The molecule has 33 heavy (non-hydrogen) atoms. The smallest absolute Gasteiger partial charge is 0.309 e. The Hall–Kier alpha value is -2.28. The third-order valence-electron chi connectivity index (χ3n) is 7.17. The zero-order chi connectivity index (χ0) is 24.3. The van der Waals surface area contributed by atoms with Crippen LogP contribution in [0.2, 0.25) is 0 Å². The fourth-order valence-electron chi connectivity index (χ4n) is 5.27. The van der Waals surface area contributed by atoms with Crippen molar-refractivity contribution in [1.29, 1.82) is 0 Å². The van der Waals surface area contributed by atoms with Crippen molar-refractivity contribution < 1.29 is 28.9 Å². The van der Waals surface area contributed by atoms with Gasteiger partial charge in [0.05, 0.1) is 32.7 Å². The van der Waals surface area contributed by atoms with Crippen LogP contribution in [-0.4, -0.2) is 55.9 Å². The second-order valence-electron chi connectivity index (χ2n) is 10.6. The Balaban J connectivity index is 1.78. The summed E-state index contributed by atoms with van der Waals surface area (Å²) >= 11 is 0. The summed E-state index contributed by atoms with van der Waals surface area (Å²) < 4.78 is 16.7. The van der Waals surface area contributed by atoms with E-state index in [9.17, 15) is 14.7 Å². The summed E-state index contributed by atoms with van der Waals surface area (Å²) in [4.78, 5) is 26.4. The zero-order valence-corrected chi connectivity index (χ0v) is 20.8. The van der Waals surface area contributed by atoms with E-state index in [1.54, 1.807) is 28.1 Å². The lowest BCUT2D eigenvalue weighted by Gasteiger charge is -2.47. The van der Waals surface area contributed by atoms with Crippen LogP contribution in [0.5, 0.6) is 11.5 Å². The molecule has 1 aromatic carbocycles. The minimum Gasteiger partial charge on any atom is -0.493 e. The van der Waals surface area contributed by atoms with Gasteiger partial charge in [-0.2, -0.15) is 0 Å². The van der Waals surface area contributed by atoms with Gasteiger partial charge in [0, 0.05) is 19.1 Å². The maximum atomic E-state index is 12.4. The summed E-state index contributed by atoms with van der Waals surface area (Å²) in [7, 11) is 3.32. The summed E-state index contributed by atoms with van der Waals surface area (Å²) in [5.74, 6) is 1.27. The highest BCUT2D eigenvalue weighted by Gasteiger charge is 2.40. The molecular weight excluding hydrogens is 422 g/mol. The average molecular weight is 462 g/mol. The standard InChI is InChI=1S/C26H39NO6/c1-16(2)9-18-14-27-8-7-17-11-22(31-5)23(32-6)12-20(17)21(27)10-19(18)15-33-24(28)13-26(3,4)25(29)30/h11-12,16,18-19,21H,7-10,13-15H2,1-6H3,(H,29,30). The van der Waals surface area contributed by atoms with Crippen LogP contribution in [0.25, 0.3) is 0 Å². The molecule has 1 N–H and O–H groups in total. The highest BCUT2D eigenvalue weighted by molar-refractivity contribution is 5.81. The van der Waals surface area contributed by atoms with E-state index in [-0.39, 0.29) is 18.4 Å². The fourth-order valence-corrected chi connectivity index (χ4v) is 5.27. The predicted molar refractivity (Wildman–Crippen MR) is 126 cm³/mol. The van der Waals surface area contributed by atoms with Crippen LogP contribution < -0.4 is 9.47 Å². The third kappa shape index (κ3) is 5.81. The van der Waals surface area contributed by atoms with E-state index in [0.717, 1.165) is 43.9 Å².